The highest BCUT2D eigenvalue weighted by molar-refractivity contribution is 5.90. The molecule has 0 bridgehead atoms. The van der Waals surface area contributed by atoms with Crippen LogP contribution in [0.2, 0.25) is 0 Å². The second-order valence-corrected chi connectivity index (χ2v) is 9.52. The van der Waals surface area contributed by atoms with Crippen LogP contribution < -0.4 is 16.0 Å². The molecule has 2 saturated heterocycles. The van der Waals surface area contributed by atoms with Gasteiger partial charge in [-0.25, -0.2) is 19.3 Å². The van der Waals surface area contributed by atoms with Crippen LogP contribution in [-0.4, -0.2) is 51.4 Å². The van der Waals surface area contributed by atoms with Gasteiger partial charge in [-0.15, -0.1) is 0 Å². The average Bonchev–Trinajstić information content (AvgIpc) is 3.54. The summed E-state index contributed by atoms with van der Waals surface area (Å²) in [4.78, 5) is 15.1. The van der Waals surface area contributed by atoms with Crippen LogP contribution >= 0.6 is 0 Å². The van der Waals surface area contributed by atoms with Crippen LogP contribution in [0.3, 0.4) is 0 Å². The van der Waals surface area contributed by atoms with E-state index in [1.165, 1.54) is 12.4 Å². The first kappa shape index (κ1) is 25.1. The molecule has 0 radical (unpaired) electrons. The molecule has 37 heavy (non-hydrogen) atoms. The smallest absolute Gasteiger partial charge is 0.383 e. The Balaban J connectivity index is 1.43. The highest BCUT2D eigenvalue weighted by atomic mass is 19.4. The zero-order valence-electron chi connectivity index (χ0n) is 20.1. The van der Waals surface area contributed by atoms with Gasteiger partial charge in [0, 0.05) is 49.6 Å². The second-order valence-electron chi connectivity index (χ2n) is 9.52. The fourth-order valence-electron chi connectivity index (χ4n) is 5.23. The van der Waals surface area contributed by atoms with Crippen LogP contribution in [0.15, 0.2) is 30.7 Å². The lowest BCUT2D eigenvalue weighted by Crippen LogP contribution is -2.35. The van der Waals surface area contributed by atoms with E-state index >= 15 is 0 Å². The van der Waals surface area contributed by atoms with Gasteiger partial charge >= 0.3 is 6.18 Å². The summed E-state index contributed by atoms with van der Waals surface area (Å²) in [5.41, 5.74) is 5.74. The van der Waals surface area contributed by atoms with Gasteiger partial charge in [0.15, 0.2) is 0 Å². The molecule has 196 valence electrons. The minimum Gasteiger partial charge on any atom is -0.383 e. The van der Waals surface area contributed by atoms with Crippen molar-refractivity contribution in [2.24, 2.45) is 0 Å². The van der Waals surface area contributed by atoms with E-state index in [4.69, 9.17) is 16.1 Å². The predicted molar refractivity (Wildman–Crippen MR) is 132 cm³/mol. The number of imidazole rings is 1. The van der Waals surface area contributed by atoms with Crippen LogP contribution in [0.5, 0.6) is 0 Å². The molecule has 2 aromatic heterocycles. The molecule has 3 aromatic rings. The summed E-state index contributed by atoms with van der Waals surface area (Å²) in [7, 11) is 0. The molecule has 2 aliphatic heterocycles. The minimum absolute atomic E-state index is 0.0801. The third-order valence-electron chi connectivity index (χ3n) is 7.15. The fourth-order valence-corrected chi connectivity index (χ4v) is 5.23. The molecule has 1 aromatic carbocycles. The van der Waals surface area contributed by atoms with Gasteiger partial charge < -0.3 is 25.9 Å². The summed E-state index contributed by atoms with van der Waals surface area (Å²) < 4.78 is 55.9. The molecule has 5 rings (SSSR count). The fraction of sp³-hybridized carbons (Fsp3) is 0.440. The lowest BCUT2D eigenvalue weighted by Gasteiger charge is -2.33. The van der Waals surface area contributed by atoms with Crippen molar-refractivity contribution in [3.8, 4) is 11.3 Å². The Morgan fingerprint density at radius 1 is 1.16 bits per heavy atom. The van der Waals surface area contributed by atoms with Gasteiger partial charge in [0.25, 0.3) is 0 Å². The zero-order valence-corrected chi connectivity index (χ0v) is 20.1. The third-order valence-corrected chi connectivity index (χ3v) is 7.15. The molecule has 4 heterocycles. The van der Waals surface area contributed by atoms with Crippen molar-refractivity contribution in [2.45, 2.75) is 50.4 Å². The molecule has 0 amide bonds. The van der Waals surface area contributed by atoms with Crippen LogP contribution in [0, 0.1) is 11.2 Å². The maximum absolute atomic E-state index is 13.9. The number of nitrogen functional groups attached to an aromatic ring is 1. The number of rotatable bonds is 6. The van der Waals surface area contributed by atoms with E-state index in [2.05, 4.69) is 20.2 Å². The molecule has 2 fully saturated rings. The number of halogens is 4. The molecule has 2 aliphatic rings. The Hall–Kier alpha value is -3.54. The summed E-state index contributed by atoms with van der Waals surface area (Å²) in [6.07, 6.45) is 3.11. The Morgan fingerprint density at radius 3 is 2.62 bits per heavy atom. The third kappa shape index (κ3) is 5.15. The van der Waals surface area contributed by atoms with E-state index in [9.17, 15) is 17.6 Å². The maximum atomic E-state index is 13.9. The summed E-state index contributed by atoms with van der Waals surface area (Å²) in [6, 6.07) is 3.29. The summed E-state index contributed by atoms with van der Waals surface area (Å²) in [6.45, 7) is 2.90. The number of nitrogens with two attached hydrogens (primary N) is 1. The van der Waals surface area contributed by atoms with Crippen LogP contribution in [-0.2, 0) is 12.7 Å². The van der Waals surface area contributed by atoms with Crippen LogP contribution in [0.1, 0.15) is 48.6 Å². The summed E-state index contributed by atoms with van der Waals surface area (Å²) in [5, 5.41) is 11.1. The molecule has 1 atom stereocenters. The van der Waals surface area contributed by atoms with E-state index in [-0.39, 0.29) is 23.3 Å². The van der Waals surface area contributed by atoms with E-state index in [1.807, 2.05) is 4.57 Å². The quantitative estimate of drug-likeness (QED) is 0.335. The Labute approximate surface area is 211 Å². The monoisotopic (exact) mass is 516 g/mol. The molecular formula is C25H28F4N8. The minimum atomic E-state index is -4.79. The lowest BCUT2D eigenvalue weighted by molar-refractivity contribution is -0.139. The van der Waals surface area contributed by atoms with Crippen molar-refractivity contribution in [1.82, 2.24) is 24.8 Å². The highest BCUT2D eigenvalue weighted by Gasteiger charge is 2.35. The average molecular weight is 517 g/mol. The molecule has 12 heteroatoms. The van der Waals surface area contributed by atoms with Gasteiger partial charge in [0.2, 0.25) is 0 Å². The van der Waals surface area contributed by atoms with E-state index < -0.39 is 17.6 Å². The first-order valence-electron chi connectivity index (χ1n) is 12.3. The lowest BCUT2D eigenvalue weighted by atomic mass is 9.95. The molecule has 0 saturated carbocycles. The van der Waals surface area contributed by atoms with Crippen molar-refractivity contribution < 1.29 is 17.6 Å². The normalized spacial score (nSPS) is 18.9. The van der Waals surface area contributed by atoms with E-state index in [0.29, 0.717) is 36.7 Å². The van der Waals surface area contributed by atoms with Crippen molar-refractivity contribution in [3.05, 3.63) is 53.5 Å². The largest absolute Gasteiger partial charge is 0.419 e. The van der Waals surface area contributed by atoms with Crippen LogP contribution in [0.25, 0.3) is 11.3 Å². The van der Waals surface area contributed by atoms with Crippen molar-refractivity contribution in [2.75, 3.05) is 30.3 Å². The number of aromatic nitrogens is 4. The topological polar surface area (TPSA) is 109 Å². The molecule has 4 N–H and O–H groups in total. The number of benzene rings is 1. The van der Waals surface area contributed by atoms with Crippen molar-refractivity contribution in [3.63, 3.8) is 0 Å². The SMILES string of the molecule is N=Cc1c(N)ncnc1N1CCC(c2nc(-c3ccc(F)c(C(F)(F)F)c3)cn2CC2CCCN2)CC1. The maximum Gasteiger partial charge on any atom is 0.419 e. The molecule has 0 aliphatic carbocycles. The Bertz CT molecular complexity index is 1270. The van der Waals surface area contributed by atoms with Gasteiger partial charge in [-0.1, -0.05) is 0 Å². The van der Waals surface area contributed by atoms with Crippen molar-refractivity contribution in [1.29, 1.82) is 5.41 Å². The number of nitrogens with zero attached hydrogens (tertiary/aromatic N) is 5. The molecule has 0 spiro atoms. The summed E-state index contributed by atoms with van der Waals surface area (Å²) >= 11 is 0. The number of hydrogen-bond acceptors (Lipinski definition) is 7. The number of piperidine rings is 1. The Kier molecular flexibility index (Phi) is 6.84. The highest BCUT2D eigenvalue weighted by Crippen LogP contribution is 2.36. The summed E-state index contributed by atoms with van der Waals surface area (Å²) in [5.74, 6) is 0.468. The number of nitrogens with one attached hydrogen (secondary N) is 2. The number of anilines is 2. The number of alkyl halides is 3. The molecule has 1 unspecified atom stereocenters. The predicted octanol–water partition coefficient (Wildman–Crippen LogP) is 4.21. The van der Waals surface area contributed by atoms with Gasteiger partial charge in [-0.3, -0.25) is 0 Å². The van der Waals surface area contributed by atoms with Gasteiger partial charge in [0.05, 0.1) is 16.8 Å². The first-order valence-corrected chi connectivity index (χ1v) is 12.3. The first-order chi connectivity index (χ1) is 17.7. The van der Waals surface area contributed by atoms with Gasteiger partial charge in [-0.05, 0) is 50.4 Å². The van der Waals surface area contributed by atoms with E-state index in [1.54, 1.807) is 6.20 Å². The van der Waals surface area contributed by atoms with Crippen LogP contribution in [0.4, 0.5) is 29.2 Å². The second kappa shape index (κ2) is 10.1. The van der Waals surface area contributed by atoms with E-state index in [0.717, 1.165) is 56.4 Å². The number of hydrogen-bond donors (Lipinski definition) is 3. The van der Waals surface area contributed by atoms with Gasteiger partial charge in [-0.2, -0.15) is 13.2 Å². The zero-order chi connectivity index (χ0) is 26.2. The Morgan fingerprint density at radius 2 is 1.95 bits per heavy atom. The molecular weight excluding hydrogens is 488 g/mol. The van der Waals surface area contributed by atoms with Crippen molar-refractivity contribution >= 4 is 17.9 Å². The molecule has 8 nitrogen and oxygen atoms in total. The van der Waals surface area contributed by atoms with Gasteiger partial charge in [0.1, 0.15) is 29.6 Å². The standard InChI is InChI=1S/C25H28F4N8/c26-20-4-3-16(10-19(20)25(27,28)29)21-13-37(12-17-2-1-7-32-17)23(35-21)15-5-8-36(9-6-15)24-18(11-30)22(31)33-14-34-24/h3-4,10-11,13-15,17,30,32H,1-2,5-9,12H2,(H2,31,33,34).